The zero-order chi connectivity index (χ0) is 25.1. The van der Waals surface area contributed by atoms with E-state index in [2.05, 4.69) is 40.7 Å². The molecule has 0 amide bonds. The van der Waals surface area contributed by atoms with Gasteiger partial charge in [0.25, 0.3) is 0 Å². The second-order valence-corrected chi connectivity index (χ2v) is 10.3. The summed E-state index contributed by atoms with van der Waals surface area (Å²) in [5.41, 5.74) is 1.03. The summed E-state index contributed by atoms with van der Waals surface area (Å²) in [6.07, 6.45) is 7.99. The van der Waals surface area contributed by atoms with Crippen molar-refractivity contribution in [2.24, 2.45) is 29.6 Å². The largest absolute Gasteiger partial charge is 0.478 e. The van der Waals surface area contributed by atoms with Crippen molar-refractivity contribution >= 4 is 17.9 Å². The molecule has 0 aromatic rings. The van der Waals surface area contributed by atoms with Crippen LogP contribution in [0.4, 0.5) is 0 Å². The summed E-state index contributed by atoms with van der Waals surface area (Å²) < 4.78 is 9.99. The highest BCUT2D eigenvalue weighted by atomic mass is 16.6. The smallest absolute Gasteiger partial charge is 0.347 e. The number of allylic oxidation sites excluding steroid dienone is 3. The van der Waals surface area contributed by atoms with Gasteiger partial charge in [0.2, 0.25) is 6.10 Å². The van der Waals surface area contributed by atoms with Crippen molar-refractivity contribution in [1.82, 2.24) is 0 Å². The first kappa shape index (κ1) is 28.9. The van der Waals surface area contributed by atoms with Gasteiger partial charge in [0.05, 0.1) is 12.5 Å². The highest BCUT2D eigenvalue weighted by Crippen LogP contribution is 2.26. The molecule has 6 heteroatoms. The Morgan fingerprint density at radius 3 is 2.24 bits per heavy atom. The van der Waals surface area contributed by atoms with Gasteiger partial charge in [0.1, 0.15) is 0 Å². The Balaban J connectivity index is 2.66. The van der Waals surface area contributed by atoms with Crippen LogP contribution in [0, 0.1) is 29.6 Å². The lowest BCUT2D eigenvalue weighted by molar-refractivity contribution is -0.162. The van der Waals surface area contributed by atoms with Crippen LogP contribution in [0.1, 0.15) is 87.0 Å². The van der Waals surface area contributed by atoms with Crippen LogP contribution >= 0.6 is 0 Å². The molecule has 0 aromatic heterocycles. The molecule has 6 atom stereocenters. The zero-order valence-electron chi connectivity index (χ0n) is 21.6. The first-order valence-electron chi connectivity index (χ1n) is 12.4. The van der Waals surface area contributed by atoms with Crippen LogP contribution in [-0.4, -0.2) is 35.7 Å². The third-order valence-corrected chi connectivity index (χ3v) is 6.38. The van der Waals surface area contributed by atoms with Gasteiger partial charge in [0.15, 0.2) is 0 Å². The molecule has 6 nitrogen and oxygen atoms in total. The molecule has 1 saturated heterocycles. The molecule has 1 heterocycles. The number of ether oxygens (including phenoxy) is 2. The maximum absolute atomic E-state index is 12.3. The Labute approximate surface area is 199 Å². The van der Waals surface area contributed by atoms with Crippen LogP contribution in [0.25, 0.3) is 0 Å². The van der Waals surface area contributed by atoms with E-state index >= 15 is 0 Å². The van der Waals surface area contributed by atoms with Crippen molar-refractivity contribution in [1.29, 1.82) is 0 Å². The number of carbonyl (C=O) groups excluding carboxylic acids is 2. The Morgan fingerprint density at radius 2 is 1.70 bits per heavy atom. The van der Waals surface area contributed by atoms with Gasteiger partial charge in [0, 0.05) is 12.0 Å². The molecule has 0 saturated carbocycles. The summed E-state index contributed by atoms with van der Waals surface area (Å²) in [4.78, 5) is 35.6. The number of carbonyl (C=O) groups is 3. The van der Waals surface area contributed by atoms with E-state index in [1.807, 2.05) is 6.92 Å². The topological polar surface area (TPSA) is 89.9 Å². The first-order chi connectivity index (χ1) is 15.4. The number of hydrogen-bond donors (Lipinski definition) is 1. The highest BCUT2D eigenvalue weighted by Gasteiger charge is 2.32. The molecule has 188 valence electrons. The van der Waals surface area contributed by atoms with Crippen molar-refractivity contribution in [3.63, 3.8) is 0 Å². The predicted octanol–water partition coefficient (Wildman–Crippen LogP) is 5.95. The number of cyclic esters (lactones) is 1. The van der Waals surface area contributed by atoms with Crippen LogP contribution in [0.5, 0.6) is 0 Å². The lowest BCUT2D eigenvalue weighted by Crippen LogP contribution is -2.27. The third kappa shape index (κ3) is 11.0. The minimum atomic E-state index is -1.05. The van der Waals surface area contributed by atoms with Gasteiger partial charge in [-0.3, -0.25) is 4.79 Å². The molecule has 1 aliphatic heterocycles. The fourth-order valence-corrected chi connectivity index (χ4v) is 4.67. The number of carboxylic acid groups (broad SMARTS) is 1. The number of hydrogen-bond acceptors (Lipinski definition) is 5. The third-order valence-electron chi connectivity index (χ3n) is 6.38. The molecule has 0 aliphatic carbocycles. The van der Waals surface area contributed by atoms with E-state index in [4.69, 9.17) is 9.47 Å². The van der Waals surface area contributed by atoms with E-state index in [0.717, 1.165) is 17.9 Å². The summed E-state index contributed by atoms with van der Waals surface area (Å²) in [6.45, 7) is 15.1. The van der Waals surface area contributed by atoms with Crippen molar-refractivity contribution in [3.05, 3.63) is 23.3 Å². The van der Waals surface area contributed by atoms with Crippen LogP contribution in [0.15, 0.2) is 23.3 Å². The molecule has 1 aliphatic rings. The van der Waals surface area contributed by atoms with E-state index in [1.54, 1.807) is 13.0 Å². The van der Waals surface area contributed by atoms with Gasteiger partial charge in [-0.15, -0.1) is 0 Å². The van der Waals surface area contributed by atoms with Crippen molar-refractivity contribution in [2.75, 3.05) is 6.61 Å². The summed E-state index contributed by atoms with van der Waals surface area (Å²) in [6, 6.07) is 0. The van der Waals surface area contributed by atoms with Crippen LogP contribution < -0.4 is 0 Å². The number of esters is 2. The standard InChI is InChI=1S/C27H44O6/c1-8-17(2)11-18(3)12-19(4)13-20(5)14-21(6)15-23(25(28)29)16-22(7)26(30)33-24-9-10-32-27(24)31/h14-15,17-20,22,24H,8-13,16H2,1-7H3,(H,28,29)/t17?,18?,19?,20?,22?,24-/m0/s1. The molecule has 33 heavy (non-hydrogen) atoms. The van der Waals surface area contributed by atoms with E-state index in [-0.39, 0.29) is 18.6 Å². The van der Waals surface area contributed by atoms with Gasteiger partial charge in [-0.2, -0.15) is 0 Å². The zero-order valence-corrected chi connectivity index (χ0v) is 21.6. The molecule has 0 radical (unpaired) electrons. The summed E-state index contributed by atoms with van der Waals surface area (Å²) >= 11 is 0. The molecule has 1 fully saturated rings. The average Bonchev–Trinajstić information content (AvgIpc) is 3.10. The Bertz CT molecular complexity index is 722. The van der Waals surface area contributed by atoms with E-state index < -0.39 is 29.9 Å². The number of carboxylic acids is 1. The fourth-order valence-electron chi connectivity index (χ4n) is 4.67. The second kappa shape index (κ2) is 14.2. The molecule has 0 aromatic carbocycles. The van der Waals surface area contributed by atoms with Gasteiger partial charge >= 0.3 is 17.9 Å². The Hall–Kier alpha value is -2.11. The molecule has 1 rings (SSSR count). The van der Waals surface area contributed by atoms with Gasteiger partial charge in [-0.25, -0.2) is 9.59 Å². The van der Waals surface area contributed by atoms with Gasteiger partial charge in [-0.1, -0.05) is 59.6 Å². The quantitative estimate of drug-likeness (QED) is 0.194. The lowest BCUT2D eigenvalue weighted by Gasteiger charge is -2.21. The Morgan fingerprint density at radius 1 is 1.09 bits per heavy atom. The van der Waals surface area contributed by atoms with Gasteiger partial charge < -0.3 is 14.6 Å². The fraction of sp³-hybridized carbons (Fsp3) is 0.741. The van der Waals surface area contributed by atoms with Gasteiger partial charge in [-0.05, 0) is 62.4 Å². The lowest BCUT2D eigenvalue weighted by atomic mass is 9.84. The minimum absolute atomic E-state index is 0.0407. The molecule has 1 N–H and O–H groups in total. The van der Waals surface area contributed by atoms with Crippen molar-refractivity contribution in [3.8, 4) is 0 Å². The van der Waals surface area contributed by atoms with E-state index in [9.17, 15) is 19.5 Å². The number of rotatable bonds is 14. The summed E-state index contributed by atoms with van der Waals surface area (Å²) in [7, 11) is 0. The highest BCUT2D eigenvalue weighted by molar-refractivity contribution is 5.88. The van der Waals surface area contributed by atoms with E-state index in [1.165, 1.54) is 19.3 Å². The van der Waals surface area contributed by atoms with Crippen LogP contribution in [0.3, 0.4) is 0 Å². The maximum Gasteiger partial charge on any atom is 0.347 e. The van der Waals surface area contributed by atoms with Crippen LogP contribution in [0.2, 0.25) is 0 Å². The monoisotopic (exact) mass is 464 g/mol. The summed E-state index contributed by atoms with van der Waals surface area (Å²) in [5.74, 6) is -0.445. The molecule has 5 unspecified atom stereocenters. The SMILES string of the molecule is CCC(C)CC(C)CC(C)CC(C)C=C(C)C=C(CC(C)C(=O)O[C@H]1CCOC1=O)C(=O)O. The predicted molar refractivity (Wildman–Crippen MR) is 130 cm³/mol. The number of aliphatic carboxylic acids is 1. The Kier molecular flexibility index (Phi) is 12.5. The normalized spacial score (nSPS) is 21.7. The van der Waals surface area contributed by atoms with Crippen LogP contribution in [-0.2, 0) is 23.9 Å². The molecule has 0 spiro atoms. The average molecular weight is 465 g/mol. The minimum Gasteiger partial charge on any atom is -0.478 e. The molecular weight excluding hydrogens is 420 g/mol. The molecular formula is C27H44O6. The maximum atomic E-state index is 12.3. The van der Waals surface area contributed by atoms with Crippen molar-refractivity contribution in [2.45, 2.75) is 93.1 Å². The molecule has 0 bridgehead atoms. The second-order valence-electron chi connectivity index (χ2n) is 10.3. The summed E-state index contributed by atoms with van der Waals surface area (Å²) in [5, 5.41) is 9.63. The first-order valence-corrected chi connectivity index (χ1v) is 12.4. The van der Waals surface area contributed by atoms with Crippen molar-refractivity contribution < 1.29 is 29.0 Å². The van der Waals surface area contributed by atoms with E-state index in [0.29, 0.717) is 24.2 Å².